The van der Waals surface area contributed by atoms with E-state index in [0.29, 0.717) is 19.7 Å². The average molecular weight is 239 g/mol. The second-order valence-electron chi connectivity index (χ2n) is 4.05. The van der Waals surface area contributed by atoms with Gasteiger partial charge in [-0.25, -0.2) is 8.42 Å². The van der Waals surface area contributed by atoms with Crippen LogP contribution in [0.25, 0.3) is 0 Å². The molecule has 0 bridgehead atoms. The van der Waals surface area contributed by atoms with Crippen LogP contribution < -0.4 is 5.32 Å². The zero-order valence-electron chi connectivity index (χ0n) is 9.62. The van der Waals surface area contributed by atoms with Gasteiger partial charge >= 0.3 is 0 Å². The summed E-state index contributed by atoms with van der Waals surface area (Å²) in [7, 11) is -1.40. The van der Waals surface area contributed by atoms with Gasteiger partial charge in [0, 0.05) is 26.5 Å². The van der Waals surface area contributed by atoms with E-state index in [1.807, 2.05) is 0 Å². The van der Waals surface area contributed by atoms with E-state index in [2.05, 4.69) is 5.32 Å². The zero-order chi connectivity index (χ0) is 11.9. The summed E-state index contributed by atoms with van der Waals surface area (Å²) in [6.45, 7) is 3.21. The second-order valence-corrected chi connectivity index (χ2v) is 6.31. The predicted octanol–water partition coefficient (Wildman–Crippen LogP) is -0.592. The minimum absolute atomic E-state index is 0.00591. The first-order valence-electron chi connectivity index (χ1n) is 4.87. The monoisotopic (exact) mass is 239 g/mol. The fourth-order valence-corrected chi connectivity index (χ4v) is 1.84. The maximum Gasteiger partial charge on any atom is 0.147 e. The van der Waals surface area contributed by atoms with E-state index in [-0.39, 0.29) is 12.2 Å². The maximum absolute atomic E-state index is 10.9. The summed E-state index contributed by atoms with van der Waals surface area (Å²) in [5.41, 5.74) is -0.989. The molecule has 6 heteroatoms. The normalized spacial score (nSPS) is 16.3. The van der Waals surface area contributed by atoms with Crippen molar-refractivity contribution in [2.45, 2.75) is 18.9 Å². The lowest BCUT2D eigenvalue weighted by Gasteiger charge is -2.23. The lowest BCUT2D eigenvalue weighted by atomic mass is 10.0. The minimum atomic E-state index is -3.01. The molecule has 0 radical (unpaired) electrons. The van der Waals surface area contributed by atoms with Crippen molar-refractivity contribution in [2.24, 2.45) is 0 Å². The third kappa shape index (κ3) is 10.1. The molecule has 0 aliphatic heterocycles. The van der Waals surface area contributed by atoms with Gasteiger partial charge in [-0.3, -0.25) is 0 Å². The molecule has 5 nitrogen and oxygen atoms in total. The maximum atomic E-state index is 10.9. The van der Waals surface area contributed by atoms with Gasteiger partial charge in [0.25, 0.3) is 0 Å². The predicted molar refractivity (Wildman–Crippen MR) is 59.7 cm³/mol. The number of nitrogens with one attached hydrogen (secondary N) is 1. The van der Waals surface area contributed by atoms with E-state index >= 15 is 0 Å². The molecule has 92 valence electrons. The number of hydrogen-bond acceptors (Lipinski definition) is 5. The summed E-state index contributed by atoms with van der Waals surface area (Å²) in [6, 6.07) is 0. The molecule has 0 amide bonds. The van der Waals surface area contributed by atoms with Crippen LogP contribution >= 0.6 is 0 Å². The van der Waals surface area contributed by atoms with Crippen LogP contribution in [0.4, 0.5) is 0 Å². The standard InChI is InChI=1S/C9H21NO4S/c1-9(11,4-7-15(3,12)13)8-10-5-6-14-2/h10-11H,4-8H2,1-3H3. The summed E-state index contributed by atoms with van der Waals surface area (Å²) in [4.78, 5) is 0. The largest absolute Gasteiger partial charge is 0.389 e. The van der Waals surface area contributed by atoms with Gasteiger partial charge in [-0.1, -0.05) is 0 Å². The van der Waals surface area contributed by atoms with Crippen molar-refractivity contribution in [1.82, 2.24) is 5.32 Å². The minimum Gasteiger partial charge on any atom is -0.389 e. The summed E-state index contributed by atoms with van der Waals surface area (Å²) in [6.07, 6.45) is 1.41. The SMILES string of the molecule is COCCNCC(C)(O)CCS(C)(=O)=O. The fourth-order valence-electron chi connectivity index (χ4n) is 1.03. The lowest BCUT2D eigenvalue weighted by Crippen LogP contribution is -2.40. The van der Waals surface area contributed by atoms with Crippen LogP contribution in [0.1, 0.15) is 13.3 Å². The van der Waals surface area contributed by atoms with Gasteiger partial charge in [0.15, 0.2) is 0 Å². The molecule has 0 saturated carbocycles. The lowest BCUT2D eigenvalue weighted by molar-refractivity contribution is 0.0547. The number of rotatable bonds is 8. The molecule has 0 aromatic rings. The average Bonchev–Trinajstić information content (AvgIpc) is 2.09. The molecule has 0 saturated heterocycles. The number of methoxy groups -OCH3 is 1. The fraction of sp³-hybridized carbons (Fsp3) is 1.00. The molecular weight excluding hydrogens is 218 g/mol. The molecule has 0 fully saturated rings. The van der Waals surface area contributed by atoms with Gasteiger partial charge in [0.1, 0.15) is 9.84 Å². The first kappa shape index (κ1) is 14.8. The molecule has 0 aromatic heterocycles. The van der Waals surface area contributed by atoms with E-state index in [9.17, 15) is 13.5 Å². The first-order valence-corrected chi connectivity index (χ1v) is 6.93. The van der Waals surface area contributed by atoms with Crippen molar-refractivity contribution in [2.75, 3.05) is 38.8 Å². The highest BCUT2D eigenvalue weighted by Crippen LogP contribution is 2.08. The van der Waals surface area contributed by atoms with Crippen molar-refractivity contribution in [1.29, 1.82) is 0 Å². The van der Waals surface area contributed by atoms with Crippen LogP contribution in [0.15, 0.2) is 0 Å². The molecule has 2 N–H and O–H groups in total. The Morgan fingerprint density at radius 2 is 2.07 bits per heavy atom. The van der Waals surface area contributed by atoms with Gasteiger partial charge in [-0.2, -0.15) is 0 Å². The van der Waals surface area contributed by atoms with Crippen molar-refractivity contribution in [3.05, 3.63) is 0 Å². The summed E-state index contributed by atoms with van der Waals surface area (Å²) in [5.74, 6) is 0.00591. The van der Waals surface area contributed by atoms with Crippen molar-refractivity contribution in [3.63, 3.8) is 0 Å². The highest BCUT2D eigenvalue weighted by Gasteiger charge is 2.21. The Morgan fingerprint density at radius 3 is 2.53 bits per heavy atom. The van der Waals surface area contributed by atoms with Crippen molar-refractivity contribution < 1.29 is 18.3 Å². The molecule has 0 spiro atoms. The third-order valence-corrected chi connectivity index (χ3v) is 2.95. The van der Waals surface area contributed by atoms with Crippen LogP contribution in [0.2, 0.25) is 0 Å². The molecule has 0 heterocycles. The van der Waals surface area contributed by atoms with Crippen LogP contribution in [0, 0.1) is 0 Å². The van der Waals surface area contributed by atoms with Gasteiger partial charge in [0.2, 0.25) is 0 Å². The molecule has 1 unspecified atom stereocenters. The van der Waals surface area contributed by atoms with Gasteiger partial charge in [-0.15, -0.1) is 0 Å². The van der Waals surface area contributed by atoms with E-state index in [1.165, 1.54) is 6.26 Å². The van der Waals surface area contributed by atoms with Crippen LogP contribution in [-0.4, -0.2) is 57.9 Å². The number of aliphatic hydroxyl groups is 1. The Balaban J connectivity index is 3.77. The van der Waals surface area contributed by atoms with E-state index < -0.39 is 15.4 Å². The van der Waals surface area contributed by atoms with Crippen LogP contribution in [-0.2, 0) is 14.6 Å². The Morgan fingerprint density at radius 1 is 1.47 bits per heavy atom. The molecule has 1 atom stereocenters. The highest BCUT2D eigenvalue weighted by atomic mass is 32.2. The van der Waals surface area contributed by atoms with Crippen molar-refractivity contribution in [3.8, 4) is 0 Å². The molecule has 15 heavy (non-hydrogen) atoms. The molecular formula is C9H21NO4S. The topological polar surface area (TPSA) is 75.6 Å². The molecule has 0 aromatic carbocycles. The molecule has 0 aliphatic rings. The van der Waals surface area contributed by atoms with Crippen molar-refractivity contribution >= 4 is 9.84 Å². The number of hydrogen-bond donors (Lipinski definition) is 2. The smallest absolute Gasteiger partial charge is 0.147 e. The van der Waals surface area contributed by atoms with Gasteiger partial charge in [-0.05, 0) is 13.3 Å². The molecule has 0 aliphatic carbocycles. The summed E-state index contributed by atoms with van der Waals surface area (Å²) >= 11 is 0. The summed E-state index contributed by atoms with van der Waals surface area (Å²) in [5, 5.41) is 12.8. The number of ether oxygens (including phenoxy) is 1. The van der Waals surface area contributed by atoms with Gasteiger partial charge < -0.3 is 15.2 Å². The highest BCUT2D eigenvalue weighted by molar-refractivity contribution is 7.90. The Kier molecular flexibility index (Phi) is 6.35. The van der Waals surface area contributed by atoms with Gasteiger partial charge in [0.05, 0.1) is 18.0 Å². The zero-order valence-corrected chi connectivity index (χ0v) is 10.4. The van der Waals surface area contributed by atoms with Crippen LogP contribution in [0.3, 0.4) is 0 Å². The Labute approximate surface area is 91.7 Å². The van der Waals surface area contributed by atoms with Crippen LogP contribution in [0.5, 0.6) is 0 Å². The molecule has 0 rings (SSSR count). The van der Waals surface area contributed by atoms with E-state index in [0.717, 1.165) is 0 Å². The van der Waals surface area contributed by atoms with E-state index in [4.69, 9.17) is 4.74 Å². The first-order chi connectivity index (χ1) is 6.77. The Bertz CT molecular complexity index is 261. The number of sulfone groups is 1. The quantitative estimate of drug-likeness (QED) is 0.554. The second kappa shape index (κ2) is 6.42. The third-order valence-electron chi connectivity index (χ3n) is 2.00. The summed E-state index contributed by atoms with van der Waals surface area (Å²) < 4.78 is 26.6. The Hall–Kier alpha value is -0.170. The van der Waals surface area contributed by atoms with E-state index in [1.54, 1.807) is 14.0 Å².